The standard InChI is InChI=1S/C20H15FN2O5S/c1-26-19(25)18(24)15-16(10-3-2-4-12(21)7-10)22-20(29)23-17(15)11-5-6-13-14(8-11)28-9-27-13/h2-8,16H,9H2,1H3,(H2,22,23,29)/t16-/m1/s1. The number of ketones is 1. The van der Waals surface area contributed by atoms with Crippen LogP contribution in [0.4, 0.5) is 4.39 Å². The van der Waals surface area contributed by atoms with E-state index in [0.29, 0.717) is 28.3 Å². The highest BCUT2D eigenvalue weighted by molar-refractivity contribution is 7.80. The molecular weight excluding hydrogens is 399 g/mol. The zero-order chi connectivity index (χ0) is 20.5. The smallest absolute Gasteiger partial charge is 0.379 e. The Morgan fingerprint density at radius 1 is 1.17 bits per heavy atom. The maximum atomic E-state index is 13.8. The van der Waals surface area contributed by atoms with Crippen molar-refractivity contribution >= 4 is 34.8 Å². The van der Waals surface area contributed by atoms with Crippen LogP contribution in [0, 0.1) is 5.82 Å². The van der Waals surface area contributed by atoms with Crippen molar-refractivity contribution in [2.45, 2.75) is 6.04 Å². The topological polar surface area (TPSA) is 85.9 Å². The van der Waals surface area contributed by atoms with Gasteiger partial charge in [-0.15, -0.1) is 0 Å². The second-order valence-corrected chi connectivity index (χ2v) is 6.67. The van der Waals surface area contributed by atoms with Crippen molar-refractivity contribution < 1.29 is 28.2 Å². The van der Waals surface area contributed by atoms with E-state index in [2.05, 4.69) is 15.4 Å². The lowest BCUT2D eigenvalue weighted by Gasteiger charge is -2.31. The molecule has 7 nitrogen and oxygen atoms in total. The Morgan fingerprint density at radius 3 is 2.72 bits per heavy atom. The third-order valence-electron chi connectivity index (χ3n) is 4.53. The number of hydrogen-bond donors (Lipinski definition) is 2. The minimum atomic E-state index is -1.05. The Balaban J connectivity index is 1.91. The first-order valence-electron chi connectivity index (χ1n) is 8.57. The maximum absolute atomic E-state index is 13.8. The van der Waals surface area contributed by atoms with E-state index < -0.39 is 23.6 Å². The minimum absolute atomic E-state index is 0.0508. The number of benzene rings is 2. The van der Waals surface area contributed by atoms with Gasteiger partial charge in [0.15, 0.2) is 16.6 Å². The van der Waals surface area contributed by atoms with Gasteiger partial charge < -0.3 is 24.8 Å². The molecule has 2 aliphatic rings. The number of carbonyl (C=O) groups excluding carboxylic acids is 2. The summed E-state index contributed by atoms with van der Waals surface area (Å²) in [7, 11) is 1.12. The van der Waals surface area contributed by atoms with E-state index in [9.17, 15) is 14.0 Å². The molecule has 148 valence electrons. The Bertz CT molecular complexity index is 1070. The summed E-state index contributed by atoms with van der Waals surface area (Å²) < 4.78 is 29.2. The third kappa shape index (κ3) is 3.52. The summed E-state index contributed by atoms with van der Waals surface area (Å²) in [6, 6.07) is 9.92. The summed E-state index contributed by atoms with van der Waals surface area (Å²) in [6.07, 6.45) is 0. The van der Waals surface area contributed by atoms with Crippen molar-refractivity contribution in [3.05, 3.63) is 65.0 Å². The normalized spacial score (nSPS) is 17.4. The molecule has 0 unspecified atom stereocenters. The fourth-order valence-electron chi connectivity index (χ4n) is 3.23. The molecule has 2 N–H and O–H groups in total. The molecule has 2 aliphatic heterocycles. The van der Waals surface area contributed by atoms with Gasteiger partial charge in [-0.25, -0.2) is 9.18 Å². The van der Waals surface area contributed by atoms with Crippen molar-refractivity contribution in [2.24, 2.45) is 0 Å². The molecular formula is C20H15FN2O5S. The Morgan fingerprint density at radius 2 is 1.97 bits per heavy atom. The Kier molecular flexibility index (Phi) is 4.89. The highest BCUT2D eigenvalue weighted by atomic mass is 32.1. The Labute approximate surface area is 170 Å². The third-order valence-corrected chi connectivity index (χ3v) is 4.75. The van der Waals surface area contributed by atoms with E-state index in [1.807, 2.05) is 0 Å². The molecule has 29 heavy (non-hydrogen) atoms. The summed E-state index contributed by atoms with van der Waals surface area (Å²) in [4.78, 5) is 25.0. The highest BCUT2D eigenvalue weighted by Gasteiger charge is 2.36. The summed E-state index contributed by atoms with van der Waals surface area (Å²) >= 11 is 5.29. The zero-order valence-electron chi connectivity index (χ0n) is 15.2. The van der Waals surface area contributed by atoms with Crippen LogP contribution in [-0.4, -0.2) is 30.8 Å². The summed E-state index contributed by atoms with van der Waals surface area (Å²) in [5.74, 6) is -1.35. The van der Waals surface area contributed by atoms with Crippen molar-refractivity contribution in [1.29, 1.82) is 0 Å². The molecule has 0 radical (unpaired) electrons. The van der Waals surface area contributed by atoms with Crippen LogP contribution in [0.25, 0.3) is 5.70 Å². The van der Waals surface area contributed by atoms with Crippen LogP contribution in [0.3, 0.4) is 0 Å². The lowest BCUT2D eigenvalue weighted by atomic mass is 9.90. The van der Waals surface area contributed by atoms with Gasteiger partial charge in [0.05, 0.1) is 24.4 Å². The highest BCUT2D eigenvalue weighted by Crippen LogP contribution is 2.37. The number of rotatable bonds is 4. The van der Waals surface area contributed by atoms with Gasteiger partial charge in [0.2, 0.25) is 6.79 Å². The first-order valence-corrected chi connectivity index (χ1v) is 8.98. The largest absolute Gasteiger partial charge is 0.463 e. The second-order valence-electron chi connectivity index (χ2n) is 6.26. The molecule has 9 heteroatoms. The zero-order valence-corrected chi connectivity index (χ0v) is 16.0. The number of carbonyl (C=O) groups is 2. The number of fused-ring (bicyclic) bond motifs is 1. The Hall–Kier alpha value is -3.46. The SMILES string of the molecule is COC(=O)C(=O)C1=C(c2ccc3c(c2)OCO3)NC(=S)N[C@@H]1c1cccc(F)c1. The first kappa shape index (κ1) is 18.9. The summed E-state index contributed by atoms with van der Waals surface area (Å²) in [5.41, 5.74) is 1.33. The molecule has 1 atom stereocenters. The van der Waals surface area contributed by atoms with Gasteiger partial charge in [-0.3, -0.25) is 4.79 Å². The van der Waals surface area contributed by atoms with Crippen molar-refractivity contribution in [3.63, 3.8) is 0 Å². The van der Waals surface area contributed by atoms with E-state index in [1.165, 1.54) is 18.2 Å². The number of esters is 1. The minimum Gasteiger partial charge on any atom is -0.463 e. The van der Waals surface area contributed by atoms with Crippen LogP contribution in [0.2, 0.25) is 0 Å². The van der Waals surface area contributed by atoms with E-state index in [4.69, 9.17) is 21.7 Å². The molecule has 0 saturated heterocycles. The fourth-order valence-corrected chi connectivity index (χ4v) is 3.45. The number of hydrogen-bond acceptors (Lipinski definition) is 6. The van der Waals surface area contributed by atoms with Gasteiger partial charge in [0, 0.05) is 5.56 Å². The molecule has 0 saturated carbocycles. The van der Waals surface area contributed by atoms with Crippen LogP contribution in [-0.2, 0) is 14.3 Å². The number of Topliss-reactive ketones (excluding diaryl/α,β-unsaturated/α-hetero) is 1. The van der Waals surface area contributed by atoms with Crippen molar-refractivity contribution in [2.75, 3.05) is 13.9 Å². The van der Waals surface area contributed by atoms with Crippen LogP contribution in [0.1, 0.15) is 17.2 Å². The number of thiocarbonyl (C=S) groups is 1. The first-order chi connectivity index (χ1) is 14.0. The number of nitrogens with one attached hydrogen (secondary N) is 2. The molecule has 0 aliphatic carbocycles. The van der Waals surface area contributed by atoms with E-state index >= 15 is 0 Å². The van der Waals surface area contributed by atoms with Crippen LogP contribution < -0.4 is 20.1 Å². The molecule has 4 rings (SSSR count). The average Bonchev–Trinajstić information content (AvgIpc) is 3.20. The van der Waals surface area contributed by atoms with Gasteiger partial charge in [-0.2, -0.15) is 0 Å². The molecule has 2 aromatic rings. The van der Waals surface area contributed by atoms with Gasteiger partial charge in [0.1, 0.15) is 5.82 Å². The number of ether oxygens (including phenoxy) is 3. The summed E-state index contributed by atoms with van der Waals surface area (Å²) in [5, 5.41) is 6.08. The van der Waals surface area contributed by atoms with Crippen LogP contribution in [0.15, 0.2) is 48.0 Å². The molecule has 2 heterocycles. The molecule has 0 aromatic heterocycles. The number of halogens is 1. The van der Waals surface area contributed by atoms with Gasteiger partial charge >= 0.3 is 5.97 Å². The second kappa shape index (κ2) is 7.51. The lowest BCUT2D eigenvalue weighted by molar-refractivity contribution is -0.150. The van der Waals surface area contributed by atoms with Crippen LogP contribution in [0.5, 0.6) is 11.5 Å². The predicted octanol–water partition coefficient (Wildman–Crippen LogP) is 2.23. The van der Waals surface area contributed by atoms with Crippen molar-refractivity contribution in [3.8, 4) is 11.5 Å². The molecule has 0 spiro atoms. The molecule has 2 aromatic carbocycles. The van der Waals surface area contributed by atoms with Gasteiger partial charge in [-0.05, 0) is 48.1 Å². The van der Waals surface area contributed by atoms with E-state index in [1.54, 1.807) is 24.3 Å². The van der Waals surface area contributed by atoms with Gasteiger partial charge in [-0.1, -0.05) is 12.1 Å². The number of methoxy groups -OCH3 is 1. The quantitative estimate of drug-likeness (QED) is 0.448. The van der Waals surface area contributed by atoms with E-state index in [-0.39, 0.29) is 17.5 Å². The van der Waals surface area contributed by atoms with Gasteiger partial charge in [0.25, 0.3) is 5.78 Å². The summed E-state index contributed by atoms with van der Waals surface area (Å²) in [6.45, 7) is 0.0884. The average molecular weight is 414 g/mol. The molecule has 0 amide bonds. The lowest BCUT2D eigenvalue weighted by Crippen LogP contribution is -2.46. The van der Waals surface area contributed by atoms with Crippen LogP contribution >= 0.6 is 12.2 Å². The fraction of sp³-hybridized carbons (Fsp3) is 0.150. The van der Waals surface area contributed by atoms with E-state index in [0.717, 1.165) is 7.11 Å². The van der Waals surface area contributed by atoms with Crippen molar-refractivity contribution in [1.82, 2.24) is 10.6 Å². The maximum Gasteiger partial charge on any atom is 0.379 e. The molecule has 0 bridgehead atoms. The predicted molar refractivity (Wildman–Crippen MR) is 105 cm³/mol. The monoisotopic (exact) mass is 414 g/mol. The molecule has 0 fully saturated rings.